The number of hydrogen-bond donors (Lipinski definition) is 5. The van der Waals surface area contributed by atoms with Gasteiger partial charge in [0.2, 0.25) is 5.95 Å². The van der Waals surface area contributed by atoms with Gasteiger partial charge in [-0.1, -0.05) is 0 Å². The Labute approximate surface area is 267 Å². The number of nitrogens with zero attached hydrogens (tertiary/aromatic N) is 7. The second-order valence-electron chi connectivity index (χ2n) is 10.7. The molecule has 3 aliphatic heterocycles. The highest BCUT2D eigenvalue weighted by molar-refractivity contribution is 8.07. The minimum Gasteiger partial charge on any atom is -0.387 e. The number of nitrogens with two attached hydrogens (primary N) is 2. The number of rotatable bonds is 3. The number of ether oxygens (including phenoxy) is 2. The van der Waals surface area contributed by atoms with Crippen LogP contribution in [0.1, 0.15) is 18.9 Å². The first-order valence-corrected chi connectivity index (χ1v) is 17.8. The smallest absolute Gasteiger partial charge is 0.387 e. The van der Waals surface area contributed by atoms with Crippen LogP contribution in [0.2, 0.25) is 0 Å². The summed E-state index contributed by atoms with van der Waals surface area (Å²) < 4.78 is 72.3. The van der Waals surface area contributed by atoms with E-state index in [0.29, 0.717) is 0 Å². The molecule has 3 aliphatic rings. The summed E-state index contributed by atoms with van der Waals surface area (Å²) in [5.74, 6) is -0.168. The number of H-pyrrole nitrogens is 1. The fourth-order valence-electron chi connectivity index (χ4n) is 5.60. The van der Waals surface area contributed by atoms with Gasteiger partial charge in [-0.15, -0.1) is 0 Å². The fraction of sp³-hybridized carbons (Fsp3) is 0.545. The van der Waals surface area contributed by atoms with E-state index in [2.05, 4.69) is 29.9 Å². The van der Waals surface area contributed by atoms with Crippen molar-refractivity contribution >= 4 is 60.4 Å². The van der Waals surface area contributed by atoms with E-state index < -0.39 is 88.9 Å². The molecule has 4 aromatic heterocycles. The molecule has 7 N–H and O–H groups in total. The molecule has 4 aromatic rings. The zero-order chi connectivity index (χ0) is 33.3. The number of aliphatic hydroxyl groups is 1. The summed E-state index contributed by atoms with van der Waals surface area (Å²) in [4.78, 5) is 46.0. The van der Waals surface area contributed by atoms with Crippen LogP contribution in [-0.2, 0) is 48.5 Å². The van der Waals surface area contributed by atoms with Crippen LogP contribution < -0.4 is 17.0 Å². The summed E-state index contributed by atoms with van der Waals surface area (Å²) in [5.41, 5.74) is 9.11. The second-order valence-corrected chi connectivity index (χ2v) is 15.2. The molecular formula is C22H27FN10O11P2S. The maximum atomic E-state index is 16.5. The number of aliphatic hydroxyl groups excluding tert-OH is 1. The second kappa shape index (κ2) is 11.8. The van der Waals surface area contributed by atoms with Crippen molar-refractivity contribution in [2.75, 3.05) is 38.4 Å². The lowest BCUT2D eigenvalue weighted by molar-refractivity contribution is -0.0692. The third kappa shape index (κ3) is 5.65. The molecule has 7 heterocycles. The van der Waals surface area contributed by atoms with Gasteiger partial charge in [-0.2, -0.15) is 4.98 Å². The zero-order valence-electron chi connectivity index (χ0n) is 24.1. The van der Waals surface area contributed by atoms with Crippen LogP contribution in [0, 0.1) is 0 Å². The van der Waals surface area contributed by atoms with Crippen molar-refractivity contribution in [3.8, 4) is 0 Å². The standard InChI is InChI=1S/C22H27FN10O11P2S/c1-38-45(36)41-4-9-12(34)13(19(42-9)33-8-29-11-17(33)30-21(25)31-18(11)35)43-46(37,47)40-3-2-22(44-45)5-39-20(14(22)23)32-7-28-10-15(24)26-6-27-16(10)32/h6-9,12-14,19-20,34H,2-5H2,1H3,(H,37,47)(H2,24,26,27)(H3,25,30,31,35)/t9-,12?,13+,14?,19?,20-,22?,45?,46?/m1/s1. The lowest BCUT2D eigenvalue weighted by Gasteiger charge is -2.33. The van der Waals surface area contributed by atoms with Gasteiger partial charge >= 0.3 is 14.5 Å². The molecule has 9 atom stereocenters. The fourth-order valence-corrected chi connectivity index (χ4v) is 8.30. The number of anilines is 2. The molecule has 3 saturated heterocycles. The molecule has 3 fully saturated rings. The van der Waals surface area contributed by atoms with Crippen LogP contribution in [0.25, 0.3) is 22.3 Å². The molecule has 254 valence electrons. The van der Waals surface area contributed by atoms with Crippen LogP contribution in [0.15, 0.2) is 23.8 Å². The monoisotopic (exact) mass is 720 g/mol. The van der Waals surface area contributed by atoms with Gasteiger partial charge in [0.15, 0.2) is 41.3 Å². The number of imidazole rings is 2. The summed E-state index contributed by atoms with van der Waals surface area (Å²) >= 11 is 5.23. The normalized spacial score (nSPS) is 36.9. The number of aromatic amines is 1. The van der Waals surface area contributed by atoms with E-state index in [1.165, 1.54) is 28.1 Å². The van der Waals surface area contributed by atoms with E-state index >= 15 is 4.39 Å². The van der Waals surface area contributed by atoms with Crippen molar-refractivity contribution in [1.29, 1.82) is 0 Å². The minimum absolute atomic E-state index is 0.0377. The van der Waals surface area contributed by atoms with E-state index in [-0.39, 0.29) is 34.1 Å². The first-order valence-electron chi connectivity index (χ1n) is 13.7. The molecule has 2 bridgehead atoms. The van der Waals surface area contributed by atoms with Gasteiger partial charge in [0.05, 0.1) is 32.5 Å². The molecule has 0 aromatic carbocycles. The summed E-state index contributed by atoms with van der Waals surface area (Å²) in [5, 5.41) is 11.2. The summed E-state index contributed by atoms with van der Waals surface area (Å²) in [6.45, 7) is -5.89. The van der Waals surface area contributed by atoms with E-state index in [9.17, 15) is 19.4 Å². The molecule has 21 nitrogen and oxygen atoms in total. The molecule has 0 aliphatic carbocycles. The quantitative estimate of drug-likeness (QED) is 0.171. The highest BCUT2D eigenvalue weighted by atomic mass is 32.5. The average molecular weight is 721 g/mol. The van der Waals surface area contributed by atoms with E-state index in [0.717, 1.165) is 7.11 Å². The Hall–Kier alpha value is -3.05. The van der Waals surface area contributed by atoms with Crippen LogP contribution >= 0.6 is 14.5 Å². The number of nitrogens with one attached hydrogen (secondary N) is 1. The van der Waals surface area contributed by atoms with Gasteiger partial charge in [0.25, 0.3) is 5.56 Å². The van der Waals surface area contributed by atoms with E-state index in [4.69, 9.17) is 55.4 Å². The molecule has 0 saturated carbocycles. The zero-order valence-corrected chi connectivity index (χ0v) is 26.7. The largest absolute Gasteiger partial charge is 0.475 e. The Morgan fingerprint density at radius 1 is 1.15 bits per heavy atom. The molecule has 6 unspecified atom stereocenters. The van der Waals surface area contributed by atoms with Crippen LogP contribution in [0.4, 0.5) is 16.2 Å². The predicted octanol–water partition coefficient (Wildman–Crippen LogP) is -0.202. The molecule has 0 amide bonds. The van der Waals surface area contributed by atoms with Gasteiger partial charge in [-0.25, -0.2) is 28.9 Å². The first-order chi connectivity index (χ1) is 22.3. The minimum atomic E-state index is -4.65. The number of halogens is 1. The number of phosphoric ester groups is 1. The molecule has 47 heavy (non-hydrogen) atoms. The van der Waals surface area contributed by atoms with Crippen molar-refractivity contribution in [3.05, 3.63) is 29.3 Å². The maximum Gasteiger partial charge on any atom is 0.475 e. The van der Waals surface area contributed by atoms with Crippen LogP contribution in [0.5, 0.6) is 0 Å². The SMILES string of the molecule is COP1(=O)OC[C@H]2OC(n3cnc4c(=O)[nH]c(N)nc43)[C@@H](OP(O)(=S)OCCC3(CO[C@@H](n4cnc5c(N)ncnc54)C3F)O1)C2O. The molecule has 1 spiro atoms. The third-order valence-electron chi connectivity index (χ3n) is 7.90. The van der Waals surface area contributed by atoms with Crippen molar-refractivity contribution in [2.24, 2.45) is 0 Å². The molecule has 0 radical (unpaired) electrons. The van der Waals surface area contributed by atoms with Crippen LogP contribution in [0.3, 0.4) is 0 Å². The third-order valence-corrected chi connectivity index (χ3v) is 11.0. The summed E-state index contributed by atoms with van der Waals surface area (Å²) in [7, 11) is -3.63. The lowest BCUT2D eigenvalue weighted by Crippen LogP contribution is -2.43. The Morgan fingerprint density at radius 3 is 2.66 bits per heavy atom. The highest BCUT2D eigenvalue weighted by Gasteiger charge is 2.58. The number of hydrogen-bond acceptors (Lipinski definition) is 18. The Bertz CT molecular complexity index is 2000. The van der Waals surface area contributed by atoms with Crippen LogP contribution in [-0.4, -0.2) is 106 Å². The molecular weight excluding hydrogens is 693 g/mol. The highest BCUT2D eigenvalue weighted by Crippen LogP contribution is 2.58. The Morgan fingerprint density at radius 2 is 1.89 bits per heavy atom. The number of fused-ring (bicyclic) bond motifs is 4. The van der Waals surface area contributed by atoms with Crippen molar-refractivity contribution in [3.63, 3.8) is 0 Å². The number of phosphoric acid groups is 1. The number of aromatic nitrogens is 8. The van der Waals surface area contributed by atoms with Gasteiger partial charge in [0, 0.05) is 13.5 Å². The first kappa shape index (κ1) is 32.5. The Balaban J connectivity index is 1.20. The Kier molecular flexibility index (Phi) is 8.18. The molecule has 7 rings (SSSR count). The number of nitrogen functional groups attached to an aromatic ring is 2. The number of alkyl halides is 1. The predicted molar refractivity (Wildman–Crippen MR) is 158 cm³/mol. The summed E-state index contributed by atoms with van der Waals surface area (Å²) in [6.07, 6.45) is -5.99. The van der Waals surface area contributed by atoms with Crippen molar-refractivity contribution < 1.29 is 51.0 Å². The van der Waals surface area contributed by atoms with Crippen molar-refractivity contribution in [2.45, 2.75) is 49.0 Å². The van der Waals surface area contributed by atoms with Gasteiger partial charge in [0.1, 0.15) is 35.8 Å². The topological polar surface area (TPSA) is 281 Å². The van der Waals surface area contributed by atoms with E-state index in [1.54, 1.807) is 0 Å². The van der Waals surface area contributed by atoms with Gasteiger partial charge in [-0.05, 0) is 11.8 Å². The summed E-state index contributed by atoms with van der Waals surface area (Å²) in [6, 6.07) is 0. The van der Waals surface area contributed by atoms with E-state index in [1.807, 2.05) is 0 Å². The van der Waals surface area contributed by atoms with Gasteiger partial charge < -0.3 is 35.5 Å². The van der Waals surface area contributed by atoms with Gasteiger partial charge in [-0.3, -0.25) is 37.0 Å². The maximum absolute atomic E-state index is 16.5. The lowest BCUT2D eigenvalue weighted by atomic mass is 9.96. The molecule has 25 heteroatoms. The van der Waals surface area contributed by atoms with Crippen molar-refractivity contribution in [1.82, 2.24) is 39.0 Å². The average Bonchev–Trinajstić information content (AvgIpc) is 3.78.